The summed E-state index contributed by atoms with van der Waals surface area (Å²) in [5.41, 5.74) is 1.65. The lowest BCUT2D eigenvalue weighted by molar-refractivity contribution is -0.124. The van der Waals surface area contributed by atoms with Crippen molar-refractivity contribution in [2.75, 3.05) is 11.9 Å². The lowest BCUT2D eigenvalue weighted by Gasteiger charge is -2.27. The number of hydrogen-bond acceptors (Lipinski definition) is 2. The number of hydrogen-bond donors (Lipinski definition) is 2. The van der Waals surface area contributed by atoms with Gasteiger partial charge in [0.25, 0.3) is 0 Å². The van der Waals surface area contributed by atoms with E-state index in [9.17, 15) is 13.6 Å². The van der Waals surface area contributed by atoms with Crippen LogP contribution in [0.25, 0.3) is 0 Å². The van der Waals surface area contributed by atoms with E-state index in [1.165, 1.54) is 0 Å². The summed E-state index contributed by atoms with van der Waals surface area (Å²) in [6.45, 7) is 0.0853. The van der Waals surface area contributed by atoms with Gasteiger partial charge >= 0.3 is 0 Å². The van der Waals surface area contributed by atoms with E-state index < -0.39 is 5.92 Å². The van der Waals surface area contributed by atoms with Crippen LogP contribution in [0.15, 0.2) is 24.3 Å². The second kappa shape index (κ2) is 6.31. The van der Waals surface area contributed by atoms with E-state index in [-0.39, 0.29) is 44.1 Å². The van der Waals surface area contributed by atoms with Crippen molar-refractivity contribution in [1.82, 2.24) is 0 Å². The van der Waals surface area contributed by atoms with Crippen molar-refractivity contribution in [2.24, 2.45) is 5.92 Å². The van der Waals surface area contributed by atoms with Crippen molar-refractivity contribution in [3.63, 3.8) is 0 Å². The average molecular weight is 283 g/mol. The molecule has 0 bridgehead atoms. The fourth-order valence-electron chi connectivity index (χ4n) is 2.43. The van der Waals surface area contributed by atoms with Gasteiger partial charge in [0.1, 0.15) is 0 Å². The predicted octanol–water partition coefficient (Wildman–Crippen LogP) is 2.99. The molecule has 2 N–H and O–H groups in total. The van der Waals surface area contributed by atoms with Crippen LogP contribution in [0.5, 0.6) is 0 Å². The molecule has 0 spiro atoms. The first-order chi connectivity index (χ1) is 9.50. The van der Waals surface area contributed by atoms with Gasteiger partial charge in [0.15, 0.2) is 0 Å². The Morgan fingerprint density at radius 1 is 1.25 bits per heavy atom. The minimum Gasteiger partial charge on any atom is -0.396 e. The fourth-order valence-corrected chi connectivity index (χ4v) is 2.43. The van der Waals surface area contributed by atoms with Crippen LogP contribution in [0.2, 0.25) is 0 Å². The number of carbonyl (C=O) groups excluding carboxylic acids is 1. The van der Waals surface area contributed by atoms with E-state index >= 15 is 0 Å². The lowest BCUT2D eigenvalue weighted by Crippen LogP contribution is -2.31. The Balaban J connectivity index is 1.88. The highest BCUT2D eigenvalue weighted by atomic mass is 19.3. The molecule has 1 amide bonds. The minimum atomic E-state index is -2.61. The van der Waals surface area contributed by atoms with Crippen molar-refractivity contribution >= 4 is 11.6 Å². The summed E-state index contributed by atoms with van der Waals surface area (Å²) in [5.74, 6) is -3.12. The quantitative estimate of drug-likeness (QED) is 0.892. The molecule has 0 aliphatic heterocycles. The van der Waals surface area contributed by atoms with Crippen LogP contribution in [-0.4, -0.2) is 23.5 Å². The zero-order chi connectivity index (χ0) is 14.6. The summed E-state index contributed by atoms with van der Waals surface area (Å²) < 4.78 is 26.1. The summed E-state index contributed by atoms with van der Waals surface area (Å²) in [5, 5.41) is 11.6. The Bertz CT molecular complexity index is 449. The largest absolute Gasteiger partial charge is 0.396 e. The molecule has 0 unspecified atom stereocenters. The van der Waals surface area contributed by atoms with Crippen LogP contribution in [0, 0.1) is 5.92 Å². The molecule has 1 aromatic rings. The first kappa shape index (κ1) is 14.9. The molecule has 1 saturated carbocycles. The second-order valence-corrected chi connectivity index (χ2v) is 5.29. The molecule has 0 aromatic heterocycles. The van der Waals surface area contributed by atoms with Gasteiger partial charge in [-0.15, -0.1) is 0 Å². The minimum absolute atomic E-state index is 0.0853. The van der Waals surface area contributed by atoms with Gasteiger partial charge < -0.3 is 10.4 Å². The van der Waals surface area contributed by atoms with Crippen LogP contribution in [-0.2, 0) is 11.2 Å². The molecule has 1 aliphatic rings. The zero-order valence-electron chi connectivity index (χ0n) is 11.2. The number of aliphatic hydroxyl groups is 1. The number of aliphatic hydroxyl groups excluding tert-OH is 1. The maximum Gasteiger partial charge on any atom is 0.248 e. The van der Waals surface area contributed by atoms with Crippen LogP contribution in [0.1, 0.15) is 31.2 Å². The average Bonchev–Trinajstić information content (AvgIpc) is 2.41. The molecular weight excluding hydrogens is 264 g/mol. The number of rotatable bonds is 4. The van der Waals surface area contributed by atoms with Gasteiger partial charge in [-0.05, 0) is 37.0 Å². The normalized spacial score (nSPS) is 18.8. The molecule has 1 fully saturated rings. The third-order valence-corrected chi connectivity index (χ3v) is 3.71. The smallest absolute Gasteiger partial charge is 0.248 e. The zero-order valence-corrected chi connectivity index (χ0v) is 11.2. The molecule has 0 heterocycles. The fraction of sp³-hybridized carbons (Fsp3) is 0.533. The highest BCUT2D eigenvalue weighted by Crippen LogP contribution is 2.36. The van der Waals surface area contributed by atoms with Gasteiger partial charge in [0.05, 0.1) is 0 Å². The molecule has 1 aliphatic carbocycles. The van der Waals surface area contributed by atoms with Gasteiger partial charge in [-0.3, -0.25) is 4.79 Å². The van der Waals surface area contributed by atoms with Crippen LogP contribution in [0.3, 0.4) is 0 Å². The Kier molecular flexibility index (Phi) is 4.70. The van der Waals surface area contributed by atoms with E-state index in [0.29, 0.717) is 12.1 Å². The number of benzene rings is 1. The van der Waals surface area contributed by atoms with E-state index in [2.05, 4.69) is 5.32 Å². The molecule has 0 radical (unpaired) electrons. The summed E-state index contributed by atoms with van der Waals surface area (Å²) >= 11 is 0. The Morgan fingerprint density at radius 3 is 2.40 bits per heavy atom. The molecule has 3 nitrogen and oxygen atoms in total. The van der Waals surface area contributed by atoms with Crippen molar-refractivity contribution in [3.05, 3.63) is 29.8 Å². The van der Waals surface area contributed by atoms with Crippen LogP contribution in [0.4, 0.5) is 14.5 Å². The maximum atomic E-state index is 13.0. The van der Waals surface area contributed by atoms with Gasteiger partial charge in [-0.2, -0.15) is 0 Å². The molecule has 20 heavy (non-hydrogen) atoms. The standard InChI is InChI=1S/C15H19F2NO2/c16-15(17)8-5-12(6-9-15)14(20)18-13-3-1-11(2-4-13)7-10-19/h1-4,12,19H,5-10H2,(H,18,20). The van der Waals surface area contributed by atoms with Gasteiger partial charge in [0.2, 0.25) is 11.8 Å². The molecule has 2 rings (SSSR count). The highest BCUT2D eigenvalue weighted by molar-refractivity contribution is 5.92. The Hall–Kier alpha value is -1.49. The van der Waals surface area contributed by atoms with Crippen molar-refractivity contribution in [3.8, 4) is 0 Å². The number of carbonyl (C=O) groups is 1. The predicted molar refractivity (Wildman–Crippen MR) is 72.8 cm³/mol. The van der Waals surface area contributed by atoms with Crippen molar-refractivity contribution in [1.29, 1.82) is 0 Å². The van der Waals surface area contributed by atoms with E-state index in [1.807, 2.05) is 12.1 Å². The number of anilines is 1. The molecule has 0 saturated heterocycles. The first-order valence-electron chi connectivity index (χ1n) is 6.89. The number of nitrogens with one attached hydrogen (secondary N) is 1. The highest BCUT2D eigenvalue weighted by Gasteiger charge is 2.37. The summed E-state index contributed by atoms with van der Waals surface area (Å²) in [7, 11) is 0. The topological polar surface area (TPSA) is 49.3 Å². The summed E-state index contributed by atoms with van der Waals surface area (Å²) in [4.78, 5) is 12.0. The van der Waals surface area contributed by atoms with Gasteiger partial charge in [-0.1, -0.05) is 12.1 Å². The van der Waals surface area contributed by atoms with Crippen LogP contribution >= 0.6 is 0 Å². The third-order valence-electron chi connectivity index (χ3n) is 3.71. The van der Waals surface area contributed by atoms with Crippen molar-refractivity contribution < 1.29 is 18.7 Å². The molecule has 0 atom stereocenters. The number of amides is 1. The second-order valence-electron chi connectivity index (χ2n) is 5.29. The van der Waals surface area contributed by atoms with Gasteiger partial charge in [0, 0.05) is 31.1 Å². The maximum absolute atomic E-state index is 13.0. The van der Waals surface area contributed by atoms with E-state index in [1.54, 1.807) is 12.1 Å². The van der Waals surface area contributed by atoms with Crippen LogP contribution < -0.4 is 5.32 Å². The Labute approximate surface area is 117 Å². The SMILES string of the molecule is O=C(Nc1ccc(CCO)cc1)C1CCC(F)(F)CC1. The van der Waals surface area contributed by atoms with E-state index in [0.717, 1.165) is 5.56 Å². The lowest BCUT2D eigenvalue weighted by atomic mass is 9.86. The van der Waals surface area contributed by atoms with Crippen molar-refractivity contribution in [2.45, 2.75) is 38.0 Å². The van der Waals surface area contributed by atoms with E-state index in [4.69, 9.17) is 5.11 Å². The van der Waals surface area contributed by atoms with Gasteiger partial charge in [-0.25, -0.2) is 8.78 Å². The number of halogens is 2. The summed E-state index contributed by atoms with van der Waals surface area (Å²) in [6, 6.07) is 7.20. The summed E-state index contributed by atoms with van der Waals surface area (Å²) in [6.07, 6.45) is 0.635. The molecule has 1 aromatic carbocycles. The first-order valence-corrected chi connectivity index (χ1v) is 6.89. The Morgan fingerprint density at radius 2 is 1.85 bits per heavy atom. The molecular formula is C15H19F2NO2. The number of alkyl halides is 2. The monoisotopic (exact) mass is 283 g/mol. The third kappa shape index (κ3) is 4.00. The molecule has 5 heteroatoms. The molecule has 110 valence electrons.